The molecular weight excluding hydrogens is 343 g/mol. The zero-order valence-corrected chi connectivity index (χ0v) is 14.7. The number of urea groups is 1. The molecule has 0 spiro atoms. The lowest BCUT2D eigenvalue weighted by molar-refractivity contribution is 0.0728. The number of hydrogen-bond acceptors (Lipinski definition) is 4. The van der Waals surface area contributed by atoms with Crippen molar-refractivity contribution in [3.8, 4) is 0 Å². The van der Waals surface area contributed by atoms with Crippen molar-refractivity contribution >= 4 is 34.1 Å². The molecule has 0 atom stereocenters. The Morgan fingerprint density at radius 2 is 1.80 bits per heavy atom. The lowest BCUT2D eigenvalue weighted by Gasteiger charge is -2.26. The summed E-state index contributed by atoms with van der Waals surface area (Å²) in [5, 5.41) is 5.57. The van der Waals surface area contributed by atoms with Crippen LogP contribution in [0.25, 0.3) is 0 Å². The monoisotopic (exact) mass is 362 g/mol. The van der Waals surface area contributed by atoms with Gasteiger partial charge in [-0.25, -0.2) is 14.2 Å². The lowest BCUT2D eigenvalue weighted by atomic mass is 10.1. The van der Waals surface area contributed by atoms with Gasteiger partial charge in [0.15, 0.2) is 5.13 Å². The Labute approximate surface area is 149 Å². The Balaban J connectivity index is 1.64. The topological polar surface area (TPSA) is 74.3 Å². The molecular formula is C17H19FN4O2S. The van der Waals surface area contributed by atoms with Crippen LogP contribution >= 0.6 is 11.3 Å². The molecule has 0 bridgehead atoms. The van der Waals surface area contributed by atoms with Gasteiger partial charge in [-0.3, -0.25) is 10.1 Å². The third-order valence-electron chi connectivity index (χ3n) is 3.96. The van der Waals surface area contributed by atoms with E-state index < -0.39 is 6.03 Å². The fourth-order valence-corrected chi connectivity index (χ4v) is 3.61. The Kier molecular flexibility index (Phi) is 5.28. The number of hydrogen-bond donors (Lipinski definition) is 2. The summed E-state index contributed by atoms with van der Waals surface area (Å²) in [6, 6.07) is 4.97. The number of rotatable bonds is 3. The van der Waals surface area contributed by atoms with E-state index in [2.05, 4.69) is 15.6 Å². The number of likely N-dealkylation sites (tertiary alicyclic amines) is 1. The molecule has 2 N–H and O–H groups in total. The average Bonchev–Trinajstić information content (AvgIpc) is 2.97. The van der Waals surface area contributed by atoms with Crippen LogP contribution in [0.3, 0.4) is 0 Å². The maximum absolute atomic E-state index is 12.9. The molecule has 6 nitrogen and oxygen atoms in total. The molecule has 3 amide bonds. The van der Waals surface area contributed by atoms with Crippen LogP contribution in [0.4, 0.5) is 20.0 Å². The van der Waals surface area contributed by atoms with E-state index in [0.717, 1.165) is 32.4 Å². The minimum atomic E-state index is -0.489. The second kappa shape index (κ2) is 7.60. The first-order valence-corrected chi connectivity index (χ1v) is 8.95. The Hall–Kier alpha value is -2.48. The van der Waals surface area contributed by atoms with Gasteiger partial charge in [-0.1, -0.05) is 11.3 Å². The van der Waals surface area contributed by atoms with Crippen molar-refractivity contribution in [2.45, 2.75) is 26.2 Å². The summed E-state index contributed by atoms with van der Waals surface area (Å²) in [7, 11) is 0. The van der Waals surface area contributed by atoms with Gasteiger partial charge in [0.05, 0.1) is 5.69 Å². The summed E-state index contributed by atoms with van der Waals surface area (Å²) in [6.45, 7) is 3.30. The van der Waals surface area contributed by atoms with Crippen LogP contribution in [0.15, 0.2) is 24.3 Å². The molecule has 2 heterocycles. The predicted molar refractivity (Wildman–Crippen MR) is 95.6 cm³/mol. The van der Waals surface area contributed by atoms with E-state index in [1.54, 1.807) is 6.92 Å². The molecule has 3 rings (SSSR count). The summed E-state index contributed by atoms with van der Waals surface area (Å²) in [6.07, 6.45) is 3.20. The van der Waals surface area contributed by atoms with E-state index in [9.17, 15) is 14.0 Å². The van der Waals surface area contributed by atoms with Crippen LogP contribution in [0.1, 0.15) is 34.6 Å². The minimum absolute atomic E-state index is 0.0262. The highest BCUT2D eigenvalue weighted by molar-refractivity contribution is 7.17. The van der Waals surface area contributed by atoms with E-state index >= 15 is 0 Å². The number of piperidine rings is 1. The third kappa shape index (κ3) is 4.33. The molecule has 2 aromatic rings. The molecule has 0 saturated carbocycles. The summed E-state index contributed by atoms with van der Waals surface area (Å²) >= 11 is 1.17. The zero-order valence-electron chi connectivity index (χ0n) is 13.8. The second-order valence-electron chi connectivity index (χ2n) is 5.87. The minimum Gasteiger partial charge on any atom is -0.338 e. The quantitative estimate of drug-likeness (QED) is 0.871. The van der Waals surface area contributed by atoms with Gasteiger partial charge in [0, 0.05) is 18.8 Å². The fourth-order valence-electron chi connectivity index (χ4n) is 2.68. The number of carbonyl (C=O) groups excluding carboxylic acids is 2. The first kappa shape index (κ1) is 17.3. The highest BCUT2D eigenvalue weighted by atomic mass is 32.1. The van der Waals surface area contributed by atoms with Crippen molar-refractivity contribution < 1.29 is 14.0 Å². The predicted octanol–water partition coefficient (Wildman–Crippen LogP) is 3.86. The number of nitrogens with zero attached hydrogens (tertiary/aromatic N) is 2. The van der Waals surface area contributed by atoms with Crippen LogP contribution in [0.2, 0.25) is 0 Å². The van der Waals surface area contributed by atoms with Gasteiger partial charge in [-0.15, -0.1) is 0 Å². The molecule has 1 fully saturated rings. The van der Waals surface area contributed by atoms with E-state index in [0.29, 0.717) is 21.4 Å². The number of halogens is 1. The van der Waals surface area contributed by atoms with Crippen LogP contribution in [-0.4, -0.2) is 34.9 Å². The van der Waals surface area contributed by atoms with E-state index in [4.69, 9.17) is 0 Å². The highest BCUT2D eigenvalue weighted by Gasteiger charge is 2.23. The first-order valence-electron chi connectivity index (χ1n) is 8.13. The number of nitrogens with one attached hydrogen (secondary N) is 2. The SMILES string of the molecule is Cc1nc(NC(=O)Nc2ccc(F)cc2)sc1C(=O)N1CCCCC1. The zero-order chi connectivity index (χ0) is 17.8. The molecule has 1 aliphatic heterocycles. The van der Waals surface area contributed by atoms with Crippen LogP contribution in [0, 0.1) is 12.7 Å². The Bertz CT molecular complexity index is 769. The van der Waals surface area contributed by atoms with E-state index in [1.165, 1.54) is 35.6 Å². The number of benzene rings is 1. The standard InChI is InChI=1S/C17H19FN4O2S/c1-11-14(15(23)22-9-3-2-4-10-22)25-17(19-11)21-16(24)20-13-7-5-12(18)6-8-13/h5-8H,2-4,9-10H2,1H3,(H2,19,20,21,24). The number of amides is 3. The van der Waals surface area contributed by atoms with Gasteiger partial charge in [-0.05, 0) is 50.5 Å². The van der Waals surface area contributed by atoms with Crippen molar-refractivity contribution in [3.63, 3.8) is 0 Å². The molecule has 8 heteroatoms. The average molecular weight is 362 g/mol. The Morgan fingerprint density at radius 1 is 1.12 bits per heavy atom. The van der Waals surface area contributed by atoms with Gasteiger partial charge in [-0.2, -0.15) is 0 Å². The van der Waals surface area contributed by atoms with Gasteiger partial charge >= 0.3 is 6.03 Å². The van der Waals surface area contributed by atoms with Gasteiger partial charge in [0.25, 0.3) is 5.91 Å². The van der Waals surface area contributed by atoms with E-state index in [-0.39, 0.29) is 11.7 Å². The molecule has 1 saturated heterocycles. The molecule has 25 heavy (non-hydrogen) atoms. The summed E-state index contributed by atoms with van der Waals surface area (Å²) in [4.78, 5) is 31.2. The van der Waals surface area contributed by atoms with Crippen LogP contribution in [-0.2, 0) is 0 Å². The lowest BCUT2D eigenvalue weighted by Crippen LogP contribution is -2.35. The van der Waals surface area contributed by atoms with Gasteiger partial charge in [0.1, 0.15) is 10.7 Å². The largest absolute Gasteiger partial charge is 0.338 e. The van der Waals surface area contributed by atoms with Crippen molar-refractivity contribution in [1.82, 2.24) is 9.88 Å². The Morgan fingerprint density at radius 3 is 2.48 bits per heavy atom. The number of anilines is 2. The second-order valence-corrected chi connectivity index (χ2v) is 6.87. The first-order chi connectivity index (χ1) is 12.0. The summed E-state index contributed by atoms with van der Waals surface area (Å²) in [5.74, 6) is -0.399. The number of aryl methyl sites for hydroxylation is 1. The number of thiazole rings is 1. The van der Waals surface area contributed by atoms with Crippen molar-refractivity contribution in [2.24, 2.45) is 0 Å². The molecule has 0 aliphatic carbocycles. The molecule has 1 aliphatic rings. The maximum atomic E-state index is 12.9. The molecule has 0 unspecified atom stereocenters. The third-order valence-corrected chi connectivity index (χ3v) is 5.02. The molecule has 1 aromatic heterocycles. The van der Waals surface area contributed by atoms with Crippen molar-refractivity contribution in [1.29, 1.82) is 0 Å². The van der Waals surface area contributed by atoms with Crippen LogP contribution in [0.5, 0.6) is 0 Å². The number of aromatic nitrogens is 1. The maximum Gasteiger partial charge on any atom is 0.325 e. The normalized spacial score (nSPS) is 14.2. The van der Waals surface area contributed by atoms with Gasteiger partial charge in [0.2, 0.25) is 0 Å². The van der Waals surface area contributed by atoms with Crippen molar-refractivity contribution in [3.05, 3.63) is 40.7 Å². The van der Waals surface area contributed by atoms with E-state index in [1.807, 2.05) is 4.90 Å². The molecule has 0 radical (unpaired) electrons. The van der Waals surface area contributed by atoms with Crippen LogP contribution < -0.4 is 10.6 Å². The molecule has 132 valence electrons. The molecule has 1 aromatic carbocycles. The van der Waals surface area contributed by atoms with Crippen molar-refractivity contribution in [2.75, 3.05) is 23.7 Å². The fraction of sp³-hybridized carbons (Fsp3) is 0.353. The smallest absolute Gasteiger partial charge is 0.325 e. The van der Waals surface area contributed by atoms with Gasteiger partial charge < -0.3 is 10.2 Å². The highest BCUT2D eigenvalue weighted by Crippen LogP contribution is 2.25. The summed E-state index contributed by atoms with van der Waals surface area (Å²) < 4.78 is 12.9. The summed E-state index contributed by atoms with van der Waals surface area (Å²) in [5.41, 5.74) is 1.08. The number of carbonyl (C=O) groups is 2.